The molecule has 1 N–H and O–H groups in total. The van der Waals surface area contributed by atoms with Crippen LogP contribution in [-0.2, 0) is 9.63 Å². The fraction of sp³-hybridized carbons (Fsp3) is 0.333. The van der Waals surface area contributed by atoms with Crippen molar-refractivity contribution in [2.24, 2.45) is 0 Å². The molecule has 0 aliphatic carbocycles. The summed E-state index contributed by atoms with van der Waals surface area (Å²) in [6, 6.07) is 5.59. The predicted molar refractivity (Wildman–Crippen MR) is 50.6 cm³/mol. The van der Waals surface area contributed by atoms with E-state index >= 15 is 0 Å². The molecule has 1 aromatic rings. The maximum atomic E-state index is 11.1. The monoisotopic (exact) mass is 231 g/mol. The maximum absolute atomic E-state index is 11.1. The molecule has 0 atom stereocenters. The average molecular weight is 232 g/mol. The third kappa shape index (κ3) is 5.19. The number of pyridine rings is 1. The lowest BCUT2D eigenvalue weighted by atomic mass is 10.5. The molecular weight excluding hydrogens is 218 g/mol. The molecule has 1 amide bonds. The van der Waals surface area contributed by atoms with Crippen molar-refractivity contribution in [3.63, 3.8) is 0 Å². The molecule has 1 heterocycles. The molecule has 84 valence electrons. The Morgan fingerprint density at radius 3 is 2.47 bits per heavy atom. The van der Waals surface area contributed by atoms with E-state index in [0.29, 0.717) is 0 Å². The molecule has 0 aliphatic heterocycles. The van der Waals surface area contributed by atoms with Crippen molar-refractivity contribution in [1.29, 1.82) is 0 Å². The van der Waals surface area contributed by atoms with Crippen LogP contribution in [0.4, 0.5) is 0 Å². The molecule has 0 saturated carbocycles. The van der Waals surface area contributed by atoms with E-state index < -0.39 is 0 Å². The van der Waals surface area contributed by atoms with Gasteiger partial charge in [-0.1, -0.05) is 16.3 Å². The number of carbonyl (C=O) groups is 1. The van der Waals surface area contributed by atoms with E-state index in [1.54, 1.807) is 31.2 Å². The van der Waals surface area contributed by atoms with Gasteiger partial charge in [0.15, 0.2) is 6.61 Å². The Labute approximate surface area is 95.0 Å². The lowest BCUT2D eigenvalue weighted by Crippen LogP contribution is -3.00. The highest BCUT2D eigenvalue weighted by Gasteiger charge is 2.04. The predicted octanol–water partition coefficient (Wildman–Crippen LogP) is -3.46. The molecule has 0 spiro atoms. The third-order valence-corrected chi connectivity index (χ3v) is 1.58. The second-order valence-electron chi connectivity index (χ2n) is 2.95. The number of nitrogens with one attached hydrogen (secondary N) is 1. The fourth-order valence-corrected chi connectivity index (χ4v) is 0.757. The number of hydrogen-bond donors (Lipinski definition) is 1. The van der Waals surface area contributed by atoms with Crippen LogP contribution in [0, 0.1) is 0 Å². The van der Waals surface area contributed by atoms with E-state index in [9.17, 15) is 4.79 Å². The van der Waals surface area contributed by atoms with Gasteiger partial charge in [0.05, 0.1) is 0 Å². The Hall–Kier alpha value is -1.33. The minimum Gasteiger partial charge on any atom is -1.00 e. The van der Waals surface area contributed by atoms with Crippen LogP contribution in [0.2, 0.25) is 0 Å². The van der Waals surface area contributed by atoms with E-state index in [4.69, 9.17) is 4.84 Å². The highest BCUT2D eigenvalue weighted by molar-refractivity contribution is 5.76. The lowest BCUT2D eigenvalue weighted by molar-refractivity contribution is -0.680. The van der Waals surface area contributed by atoms with Crippen LogP contribution in [-0.4, -0.2) is 31.5 Å². The number of rotatable bonds is 4. The molecule has 0 fully saturated rings. The summed E-state index contributed by atoms with van der Waals surface area (Å²) in [6.45, 7) is 0.00882. The van der Waals surface area contributed by atoms with Gasteiger partial charge in [-0.05, 0) is 0 Å². The molecule has 0 saturated heterocycles. The van der Waals surface area contributed by atoms with Gasteiger partial charge in [0.1, 0.15) is 0 Å². The number of carbonyl (C=O) groups excluding carboxylic acids is 1. The first kappa shape index (κ1) is 13.7. The quantitative estimate of drug-likeness (QED) is 0.433. The van der Waals surface area contributed by atoms with Gasteiger partial charge in [-0.3, -0.25) is 4.79 Å². The van der Waals surface area contributed by atoms with E-state index in [1.807, 2.05) is 18.2 Å². The molecule has 0 aromatic carbocycles. The number of amides is 1. The first-order valence-corrected chi connectivity index (χ1v) is 4.24. The van der Waals surface area contributed by atoms with Crippen molar-refractivity contribution < 1.29 is 26.7 Å². The Bertz CT molecular complexity index is 293. The summed E-state index contributed by atoms with van der Waals surface area (Å²) in [5.74, 6) is -0.0889. The van der Waals surface area contributed by atoms with E-state index in [0.717, 1.165) is 0 Å². The van der Waals surface area contributed by atoms with Gasteiger partial charge in [-0.2, -0.15) is 0 Å². The van der Waals surface area contributed by atoms with Crippen molar-refractivity contribution in [1.82, 2.24) is 4.90 Å². The highest BCUT2D eigenvalue weighted by Crippen LogP contribution is 1.79. The first-order valence-electron chi connectivity index (χ1n) is 4.24. The number of halogens is 1. The first-order chi connectivity index (χ1) is 6.70. The Morgan fingerprint density at radius 1 is 1.33 bits per heavy atom. The van der Waals surface area contributed by atoms with Gasteiger partial charge >= 0.3 is 0 Å². The third-order valence-electron chi connectivity index (χ3n) is 1.58. The maximum Gasteiger partial charge on any atom is 0.251 e. The standard InChI is InChI=1S/C9H14N3O2.ClH/c1-11(2)9(13)8-14-10-12-6-4-3-5-7-12;/h3-7,10H,8H2,1-2H3;1H/q+1;/p-1. The smallest absolute Gasteiger partial charge is 0.251 e. The molecule has 0 aliphatic rings. The molecular formula is C9H14ClN3O2. The van der Waals surface area contributed by atoms with Gasteiger partial charge < -0.3 is 17.3 Å². The lowest BCUT2D eigenvalue weighted by Gasteiger charge is -2.08. The number of hydrogen-bond acceptors (Lipinski definition) is 3. The molecule has 1 rings (SSSR count). The largest absolute Gasteiger partial charge is 1.00 e. The summed E-state index contributed by atoms with van der Waals surface area (Å²) in [5.41, 5.74) is 2.60. The van der Waals surface area contributed by atoms with Crippen molar-refractivity contribution in [3.8, 4) is 0 Å². The van der Waals surface area contributed by atoms with Crippen LogP contribution in [0.1, 0.15) is 0 Å². The zero-order valence-corrected chi connectivity index (χ0v) is 9.44. The second kappa shape index (κ2) is 7.03. The van der Waals surface area contributed by atoms with Crippen molar-refractivity contribution in [2.75, 3.05) is 26.3 Å². The molecule has 15 heavy (non-hydrogen) atoms. The summed E-state index contributed by atoms with van der Waals surface area (Å²) in [4.78, 5) is 17.5. The van der Waals surface area contributed by atoms with Crippen LogP contribution in [0.5, 0.6) is 0 Å². The zero-order chi connectivity index (χ0) is 10.4. The van der Waals surface area contributed by atoms with Gasteiger partial charge in [-0.25, -0.2) is 4.84 Å². The summed E-state index contributed by atoms with van der Waals surface area (Å²) in [6.07, 6.45) is 3.56. The van der Waals surface area contributed by atoms with Gasteiger partial charge in [0, 0.05) is 26.2 Å². The summed E-state index contributed by atoms with van der Waals surface area (Å²) in [5, 5.41) is 0. The van der Waals surface area contributed by atoms with Crippen LogP contribution in [0.25, 0.3) is 0 Å². The summed E-state index contributed by atoms with van der Waals surface area (Å²) in [7, 11) is 3.36. The van der Waals surface area contributed by atoms with Gasteiger partial charge in [-0.15, -0.1) is 0 Å². The number of aromatic nitrogens is 1. The Morgan fingerprint density at radius 2 is 1.93 bits per heavy atom. The summed E-state index contributed by atoms with van der Waals surface area (Å²) >= 11 is 0. The molecule has 1 aromatic heterocycles. The molecule has 0 bridgehead atoms. The van der Waals surface area contributed by atoms with Crippen molar-refractivity contribution in [3.05, 3.63) is 30.6 Å². The fourth-order valence-electron chi connectivity index (χ4n) is 0.757. The topological polar surface area (TPSA) is 45.5 Å². The zero-order valence-electron chi connectivity index (χ0n) is 8.68. The summed E-state index contributed by atoms with van der Waals surface area (Å²) < 4.78 is 1.61. The second-order valence-corrected chi connectivity index (χ2v) is 2.95. The van der Waals surface area contributed by atoms with Gasteiger partial charge in [0.25, 0.3) is 5.91 Å². The SMILES string of the molecule is CN(C)C(=O)CON[n+]1ccccc1.[Cl-]. The molecule has 6 heteroatoms. The normalized spacial score (nSPS) is 8.93. The molecule has 0 radical (unpaired) electrons. The van der Waals surface area contributed by atoms with Crippen LogP contribution >= 0.6 is 0 Å². The van der Waals surface area contributed by atoms with Crippen LogP contribution in [0.3, 0.4) is 0 Å². The van der Waals surface area contributed by atoms with E-state index in [-0.39, 0.29) is 24.9 Å². The molecule has 0 unspecified atom stereocenters. The van der Waals surface area contributed by atoms with Gasteiger partial charge in [0.2, 0.25) is 12.4 Å². The highest BCUT2D eigenvalue weighted by atomic mass is 35.5. The Balaban J connectivity index is 0.00000196. The van der Waals surface area contributed by atoms with Crippen molar-refractivity contribution in [2.45, 2.75) is 0 Å². The van der Waals surface area contributed by atoms with Crippen LogP contribution < -0.4 is 22.7 Å². The Kier molecular flexibility index (Phi) is 6.40. The van der Waals surface area contributed by atoms with Crippen LogP contribution in [0.15, 0.2) is 30.6 Å². The molecule has 5 nitrogen and oxygen atoms in total. The number of likely N-dealkylation sites (N-methyl/N-ethyl adjacent to an activating group) is 1. The van der Waals surface area contributed by atoms with E-state index in [1.165, 1.54) is 4.90 Å². The minimum absolute atomic E-state index is 0. The van der Waals surface area contributed by atoms with E-state index in [2.05, 4.69) is 5.59 Å². The minimum atomic E-state index is -0.0889. The number of nitrogens with zero attached hydrogens (tertiary/aromatic N) is 2. The van der Waals surface area contributed by atoms with Crippen molar-refractivity contribution >= 4 is 5.91 Å². The average Bonchev–Trinajstić information content (AvgIpc) is 2.19.